The Hall–Kier alpha value is -1.56. The van der Waals surface area contributed by atoms with Gasteiger partial charge in [0.15, 0.2) is 5.69 Å². The number of aromatic nitrogens is 2. The predicted octanol–water partition coefficient (Wildman–Crippen LogP) is 0.581. The second kappa shape index (κ2) is 5.18. The second-order valence-corrected chi connectivity index (χ2v) is 4.45. The monoisotopic (exact) mass is 240 g/mol. The Kier molecular flexibility index (Phi) is 4.11. The molecule has 17 heavy (non-hydrogen) atoms. The van der Waals surface area contributed by atoms with Crippen LogP contribution in [0.4, 0.5) is 5.69 Å². The van der Waals surface area contributed by atoms with Gasteiger partial charge in [0.25, 0.3) is 5.91 Å². The minimum Gasteiger partial charge on any atom is -0.396 e. The summed E-state index contributed by atoms with van der Waals surface area (Å²) in [6.07, 6.45) is 1.22. The average Bonchev–Trinajstić information content (AvgIpc) is 2.60. The summed E-state index contributed by atoms with van der Waals surface area (Å²) < 4.78 is 0. The highest BCUT2D eigenvalue weighted by atomic mass is 16.3. The van der Waals surface area contributed by atoms with E-state index in [2.05, 4.69) is 15.5 Å². The fourth-order valence-corrected chi connectivity index (χ4v) is 1.52. The number of carbonyl (C=O) groups is 1. The molecule has 0 aliphatic carbocycles. The molecule has 0 aliphatic rings. The van der Waals surface area contributed by atoms with Crippen LogP contribution in [0, 0.1) is 6.92 Å². The van der Waals surface area contributed by atoms with E-state index in [-0.39, 0.29) is 18.2 Å². The molecule has 6 heteroatoms. The van der Waals surface area contributed by atoms with Crippen molar-refractivity contribution in [3.05, 3.63) is 11.4 Å². The molecule has 0 saturated heterocycles. The fraction of sp³-hybridized carbons (Fsp3) is 0.636. The van der Waals surface area contributed by atoms with Gasteiger partial charge in [0.2, 0.25) is 0 Å². The lowest BCUT2D eigenvalue weighted by Gasteiger charge is -2.28. The van der Waals surface area contributed by atoms with Gasteiger partial charge in [-0.1, -0.05) is 6.92 Å². The number of aliphatic hydroxyl groups excluding tert-OH is 1. The van der Waals surface area contributed by atoms with Crippen LogP contribution in [0.5, 0.6) is 0 Å². The number of nitrogens with zero attached hydrogens (tertiary/aromatic N) is 1. The van der Waals surface area contributed by atoms with Gasteiger partial charge in [-0.15, -0.1) is 0 Å². The van der Waals surface area contributed by atoms with Gasteiger partial charge in [-0.2, -0.15) is 5.10 Å². The third kappa shape index (κ3) is 2.97. The van der Waals surface area contributed by atoms with Gasteiger partial charge in [0.05, 0.1) is 11.4 Å². The quantitative estimate of drug-likeness (QED) is 0.604. The Morgan fingerprint density at radius 3 is 2.71 bits per heavy atom. The Morgan fingerprint density at radius 1 is 1.65 bits per heavy atom. The van der Waals surface area contributed by atoms with Gasteiger partial charge in [-0.05, 0) is 26.7 Å². The normalized spacial score (nSPS) is 14.4. The molecule has 0 radical (unpaired) electrons. The summed E-state index contributed by atoms with van der Waals surface area (Å²) in [5.41, 5.74) is 6.54. The van der Waals surface area contributed by atoms with Crippen molar-refractivity contribution in [2.75, 3.05) is 12.3 Å². The van der Waals surface area contributed by atoms with Crippen molar-refractivity contribution in [1.29, 1.82) is 0 Å². The number of H-pyrrole nitrogens is 1. The second-order valence-electron chi connectivity index (χ2n) is 4.45. The van der Waals surface area contributed by atoms with E-state index < -0.39 is 5.54 Å². The smallest absolute Gasteiger partial charge is 0.274 e. The molecule has 1 heterocycles. The van der Waals surface area contributed by atoms with E-state index >= 15 is 0 Å². The zero-order chi connectivity index (χ0) is 13.1. The zero-order valence-electron chi connectivity index (χ0n) is 10.5. The molecule has 96 valence electrons. The maximum absolute atomic E-state index is 12.0. The summed E-state index contributed by atoms with van der Waals surface area (Å²) in [7, 11) is 0. The van der Waals surface area contributed by atoms with E-state index in [1.165, 1.54) is 0 Å². The lowest BCUT2D eigenvalue weighted by atomic mass is 9.94. The third-order valence-corrected chi connectivity index (χ3v) is 3.07. The molecular formula is C11H20N4O2. The van der Waals surface area contributed by atoms with Gasteiger partial charge < -0.3 is 16.2 Å². The molecule has 0 fully saturated rings. The van der Waals surface area contributed by atoms with Crippen LogP contribution in [0.1, 0.15) is 42.9 Å². The lowest BCUT2D eigenvalue weighted by molar-refractivity contribution is 0.0882. The minimum absolute atomic E-state index is 0.0275. The number of hydrogen-bond acceptors (Lipinski definition) is 4. The molecule has 1 rings (SSSR count). The van der Waals surface area contributed by atoms with Gasteiger partial charge in [0, 0.05) is 12.1 Å². The van der Waals surface area contributed by atoms with Crippen LogP contribution in [0.25, 0.3) is 0 Å². The summed E-state index contributed by atoms with van der Waals surface area (Å²) in [4.78, 5) is 12.0. The largest absolute Gasteiger partial charge is 0.396 e. The van der Waals surface area contributed by atoms with E-state index in [4.69, 9.17) is 10.8 Å². The number of nitrogens with two attached hydrogens (primary N) is 1. The highest BCUT2D eigenvalue weighted by Gasteiger charge is 2.26. The van der Waals surface area contributed by atoms with Crippen LogP contribution in [-0.4, -0.2) is 33.4 Å². The highest BCUT2D eigenvalue weighted by molar-refractivity contribution is 5.97. The molecule has 1 amide bonds. The highest BCUT2D eigenvalue weighted by Crippen LogP contribution is 2.17. The molecule has 1 atom stereocenters. The van der Waals surface area contributed by atoms with Crippen molar-refractivity contribution in [3.8, 4) is 0 Å². The Bertz CT molecular complexity index is 402. The molecule has 0 saturated carbocycles. The molecular weight excluding hydrogens is 220 g/mol. The number of hydrogen-bond donors (Lipinski definition) is 4. The number of amides is 1. The summed E-state index contributed by atoms with van der Waals surface area (Å²) in [6, 6.07) is 0. The molecule has 1 aromatic rings. The first-order chi connectivity index (χ1) is 7.93. The summed E-state index contributed by atoms with van der Waals surface area (Å²) in [5, 5.41) is 18.4. The Morgan fingerprint density at radius 2 is 2.29 bits per heavy atom. The molecule has 5 N–H and O–H groups in total. The molecule has 0 aliphatic heterocycles. The number of nitrogens with one attached hydrogen (secondary N) is 2. The molecule has 1 unspecified atom stereocenters. The van der Waals surface area contributed by atoms with Crippen LogP contribution in [0.2, 0.25) is 0 Å². The summed E-state index contributed by atoms with van der Waals surface area (Å²) in [6.45, 7) is 5.62. The number of aromatic amines is 1. The van der Waals surface area contributed by atoms with Crippen LogP contribution in [-0.2, 0) is 0 Å². The fourth-order valence-electron chi connectivity index (χ4n) is 1.52. The Labute approximate surface area is 101 Å². The molecule has 0 bridgehead atoms. The molecule has 6 nitrogen and oxygen atoms in total. The van der Waals surface area contributed by atoms with E-state index in [0.29, 0.717) is 17.8 Å². The predicted molar refractivity (Wildman–Crippen MR) is 65.6 cm³/mol. The van der Waals surface area contributed by atoms with Gasteiger partial charge >= 0.3 is 0 Å². The van der Waals surface area contributed by atoms with Crippen LogP contribution < -0.4 is 11.1 Å². The lowest BCUT2D eigenvalue weighted by Crippen LogP contribution is -2.46. The van der Waals surface area contributed by atoms with E-state index in [9.17, 15) is 4.79 Å². The summed E-state index contributed by atoms with van der Waals surface area (Å²) >= 11 is 0. The van der Waals surface area contributed by atoms with Crippen molar-refractivity contribution >= 4 is 11.6 Å². The molecule has 1 aromatic heterocycles. The number of rotatable bonds is 5. The van der Waals surface area contributed by atoms with Gasteiger partial charge in [-0.25, -0.2) is 0 Å². The van der Waals surface area contributed by atoms with E-state index in [1.807, 2.05) is 13.8 Å². The van der Waals surface area contributed by atoms with Crippen molar-refractivity contribution in [2.24, 2.45) is 0 Å². The van der Waals surface area contributed by atoms with Crippen molar-refractivity contribution < 1.29 is 9.90 Å². The van der Waals surface area contributed by atoms with Crippen molar-refractivity contribution in [2.45, 2.75) is 39.2 Å². The van der Waals surface area contributed by atoms with Crippen LogP contribution in [0.3, 0.4) is 0 Å². The standard InChI is InChI=1S/C11H20N4O2/c1-4-11(3,5-6-16)13-10(17)9-8(12)7(2)14-15-9/h16H,4-6,12H2,1-3H3,(H,13,17)(H,14,15). The van der Waals surface area contributed by atoms with Gasteiger partial charge in [0.1, 0.15) is 0 Å². The molecule has 0 aromatic carbocycles. The molecule has 0 spiro atoms. The first-order valence-electron chi connectivity index (χ1n) is 5.67. The SMILES string of the molecule is CCC(C)(CCO)NC(=O)c1n[nH]c(C)c1N. The summed E-state index contributed by atoms with van der Waals surface area (Å²) in [5.74, 6) is -0.315. The number of nitrogen functional groups attached to an aromatic ring is 1. The average molecular weight is 240 g/mol. The number of anilines is 1. The number of aliphatic hydroxyl groups is 1. The Balaban J connectivity index is 2.81. The number of aryl methyl sites for hydroxylation is 1. The van der Waals surface area contributed by atoms with Crippen LogP contribution in [0.15, 0.2) is 0 Å². The third-order valence-electron chi connectivity index (χ3n) is 3.07. The topological polar surface area (TPSA) is 104 Å². The van der Waals surface area contributed by atoms with E-state index in [1.54, 1.807) is 6.92 Å². The maximum atomic E-state index is 12.0. The van der Waals surface area contributed by atoms with Gasteiger partial charge in [-0.3, -0.25) is 9.89 Å². The number of carbonyl (C=O) groups excluding carboxylic acids is 1. The van der Waals surface area contributed by atoms with Crippen molar-refractivity contribution in [3.63, 3.8) is 0 Å². The first-order valence-corrected chi connectivity index (χ1v) is 5.67. The maximum Gasteiger partial charge on any atom is 0.274 e. The minimum atomic E-state index is -0.439. The van der Waals surface area contributed by atoms with Crippen molar-refractivity contribution in [1.82, 2.24) is 15.5 Å². The first kappa shape index (κ1) is 13.5. The van der Waals surface area contributed by atoms with Crippen LogP contribution >= 0.6 is 0 Å². The van der Waals surface area contributed by atoms with E-state index in [0.717, 1.165) is 6.42 Å². The zero-order valence-corrected chi connectivity index (χ0v) is 10.5.